The fourth-order valence-corrected chi connectivity index (χ4v) is 4.63. The van der Waals surface area contributed by atoms with Crippen LogP contribution in [0.15, 0.2) is 29.3 Å². The Hall–Kier alpha value is -3.16. The van der Waals surface area contributed by atoms with E-state index in [0.29, 0.717) is 0 Å². The lowest BCUT2D eigenvalue weighted by molar-refractivity contribution is -0.146. The summed E-state index contributed by atoms with van der Waals surface area (Å²) in [5.74, 6) is -1.64. The van der Waals surface area contributed by atoms with Gasteiger partial charge in [0.05, 0.1) is 38.9 Å². The third kappa shape index (κ3) is 3.71. The summed E-state index contributed by atoms with van der Waals surface area (Å²) in [7, 11) is -1.40. The largest absolute Gasteiger partial charge is 0.449 e. The SMILES string of the molecule is CCS(=O)(=O)c1cc2nc(C(F)(F)F)n(C)c2cc1-c1nc2cc(C(F)(F)F)ncc2n1C. The second kappa shape index (κ2) is 7.17. The molecular weight excluding hydrogens is 476 g/mol. The Balaban J connectivity index is 2.07. The number of rotatable bonds is 3. The van der Waals surface area contributed by atoms with Crippen LogP contribution in [0.4, 0.5) is 26.3 Å². The average molecular weight is 491 g/mol. The fraction of sp³-hybridized carbons (Fsp3) is 0.316. The predicted octanol–water partition coefficient (Wildman–Crippen LogP) is 4.35. The van der Waals surface area contributed by atoms with Crippen molar-refractivity contribution in [1.29, 1.82) is 0 Å². The van der Waals surface area contributed by atoms with E-state index >= 15 is 0 Å². The molecule has 4 rings (SSSR count). The highest BCUT2D eigenvalue weighted by molar-refractivity contribution is 7.91. The van der Waals surface area contributed by atoms with E-state index in [4.69, 9.17) is 0 Å². The Kier molecular flexibility index (Phi) is 5.00. The molecule has 0 spiro atoms. The van der Waals surface area contributed by atoms with Gasteiger partial charge in [0.15, 0.2) is 9.84 Å². The van der Waals surface area contributed by atoms with Crippen LogP contribution in [-0.4, -0.2) is 38.3 Å². The zero-order chi connectivity index (χ0) is 24.5. The summed E-state index contributed by atoms with van der Waals surface area (Å²) in [6, 6.07) is 2.94. The van der Waals surface area contributed by atoms with Crippen molar-refractivity contribution in [2.24, 2.45) is 14.1 Å². The van der Waals surface area contributed by atoms with Crippen LogP contribution in [0.1, 0.15) is 18.4 Å². The molecule has 4 aromatic rings. The first-order valence-electron chi connectivity index (χ1n) is 9.35. The Morgan fingerprint density at radius 2 is 1.52 bits per heavy atom. The van der Waals surface area contributed by atoms with Gasteiger partial charge in [-0.1, -0.05) is 6.92 Å². The maximum atomic E-state index is 13.3. The highest BCUT2D eigenvalue weighted by atomic mass is 32.2. The molecule has 33 heavy (non-hydrogen) atoms. The van der Waals surface area contributed by atoms with Crippen molar-refractivity contribution in [3.63, 3.8) is 0 Å². The Morgan fingerprint density at radius 3 is 2.09 bits per heavy atom. The van der Waals surface area contributed by atoms with E-state index in [2.05, 4.69) is 15.0 Å². The molecule has 0 radical (unpaired) electrons. The number of hydrogen-bond donors (Lipinski definition) is 0. The van der Waals surface area contributed by atoms with Crippen LogP contribution in [0, 0.1) is 0 Å². The van der Waals surface area contributed by atoms with Crippen molar-refractivity contribution in [1.82, 2.24) is 24.1 Å². The lowest BCUT2D eigenvalue weighted by Crippen LogP contribution is -2.12. The Labute approximate surface area is 182 Å². The van der Waals surface area contributed by atoms with Gasteiger partial charge in [0.25, 0.3) is 0 Å². The van der Waals surface area contributed by atoms with Gasteiger partial charge in [-0.25, -0.2) is 23.4 Å². The van der Waals surface area contributed by atoms with Crippen molar-refractivity contribution in [2.45, 2.75) is 24.2 Å². The lowest BCUT2D eigenvalue weighted by atomic mass is 10.2. The minimum Gasteiger partial charge on any atom is -0.326 e. The van der Waals surface area contributed by atoms with E-state index < -0.39 is 33.7 Å². The minimum absolute atomic E-state index is 0.0199. The number of pyridine rings is 1. The van der Waals surface area contributed by atoms with Crippen molar-refractivity contribution in [3.05, 3.63) is 35.9 Å². The first kappa shape index (κ1) is 23.0. The zero-order valence-electron chi connectivity index (χ0n) is 17.2. The van der Waals surface area contributed by atoms with E-state index in [1.54, 1.807) is 0 Å². The van der Waals surface area contributed by atoms with Crippen LogP contribution in [0.5, 0.6) is 0 Å². The number of halogens is 6. The standard InChI is InChI=1S/C19H15F6N5O2S/c1-4-33(31,32)14-6-10-12(30(3)17(28-10)19(23,24)25)5-9(14)16-27-11-7-15(18(20,21)22)26-8-13(11)29(16)2/h5-8H,4H2,1-3H3. The molecule has 0 saturated carbocycles. The summed E-state index contributed by atoms with van der Waals surface area (Å²) in [5, 5.41) is 0. The van der Waals surface area contributed by atoms with Gasteiger partial charge in [-0.05, 0) is 18.2 Å². The van der Waals surface area contributed by atoms with Crippen molar-refractivity contribution >= 4 is 31.9 Å². The summed E-state index contributed by atoms with van der Waals surface area (Å²) in [6.07, 6.45) is -8.55. The molecule has 3 heterocycles. The quantitative estimate of drug-likeness (QED) is 0.398. The van der Waals surface area contributed by atoms with E-state index in [9.17, 15) is 34.8 Å². The summed E-state index contributed by atoms with van der Waals surface area (Å²) in [5.41, 5.74) is -1.38. The van der Waals surface area contributed by atoms with Crippen molar-refractivity contribution < 1.29 is 34.8 Å². The van der Waals surface area contributed by atoms with Crippen LogP contribution in [0.2, 0.25) is 0 Å². The van der Waals surface area contributed by atoms with Crippen LogP contribution in [0.25, 0.3) is 33.5 Å². The molecule has 0 aliphatic heterocycles. The summed E-state index contributed by atoms with van der Waals surface area (Å²) >= 11 is 0. The molecule has 0 unspecified atom stereocenters. The smallest absolute Gasteiger partial charge is 0.326 e. The number of aromatic nitrogens is 5. The van der Waals surface area contributed by atoms with Gasteiger partial charge in [0, 0.05) is 19.7 Å². The molecule has 0 N–H and O–H groups in total. The molecule has 0 amide bonds. The second-order valence-electron chi connectivity index (χ2n) is 7.28. The number of aryl methyl sites for hydroxylation is 2. The van der Waals surface area contributed by atoms with Crippen LogP contribution in [-0.2, 0) is 36.3 Å². The number of alkyl halides is 6. The number of hydrogen-bond acceptors (Lipinski definition) is 5. The van der Waals surface area contributed by atoms with E-state index in [0.717, 1.165) is 29.9 Å². The maximum Gasteiger partial charge on any atom is 0.449 e. The third-order valence-corrected chi connectivity index (χ3v) is 7.02. The molecule has 3 aromatic heterocycles. The maximum absolute atomic E-state index is 13.3. The normalized spacial score (nSPS) is 13.4. The summed E-state index contributed by atoms with van der Waals surface area (Å²) in [4.78, 5) is 10.8. The summed E-state index contributed by atoms with van der Waals surface area (Å²) in [6.45, 7) is 1.36. The van der Waals surface area contributed by atoms with Gasteiger partial charge in [0.1, 0.15) is 11.5 Å². The Morgan fingerprint density at radius 1 is 0.879 bits per heavy atom. The molecule has 0 fully saturated rings. The molecule has 0 bridgehead atoms. The molecule has 0 saturated heterocycles. The van der Waals surface area contributed by atoms with Gasteiger partial charge >= 0.3 is 12.4 Å². The molecule has 176 valence electrons. The van der Waals surface area contributed by atoms with Gasteiger partial charge in [0.2, 0.25) is 5.82 Å². The molecule has 14 heteroatoms. The molecular formula is C19H15F6N5O2S. The molecule has 1 aromatic carbocycles. The third-order valence-electron chi connectivity index (χ3n) is 5.25. The highest BCUT2D eigenvalue weighted by Gasteiger charge is 2.37. The first-order valence-corrected chi connectivity index (χ1v) is 11.0. The van der Waals surface area contributed by atoms with E-state index in [1.807, 2.05) is 0 Å². The van der Waals surface area contributed by atoms with Crippen LogP contribution < -0.4 is 0 Å². The average Bonchev–Trinajstić information content (AvgIpc) is 3.23. The summed E-state index contributed by atoms with van der Waals surface area (Å²) < 4.78 is 107. The number of imidazole rings is 2. The number of fused-ring (bicyclic) bond motifs is 2. The van der Waals surface area contributed by atoms with Crippen molar-refractivity contribution in [2.75, 3.05) is 5.75 Å². The first-order chi connectivity index (χ1) is 15.1. The number of benzene rings is 1. The van der Waals surface area contributed by atoms with Crippen molar-refractivity contribution in [3.8, 4) is 11.4 Å². The highest BCUT2D eigenvalue weighted by Crippen LogP contribution is 2.37. The van der Waals surface area contributed by atoms with E-state index in [-0.39, 0.29) is 44.1 Å². The van der Waals surface area contributed by atoms with Gasteiger partial charge in [-0.3, -0.25) is 0 Å². The minimum atomic E-state index is -4.78. The molecule has 7 nitrogen and oxygen atoms in total. The molecule has 0 atom stereocenters. The number of sulfone groups is 1. The topological polar surface area (TPSA) is 82.7 Å². The van der Waals surface area contributed by atoms with Gasteiger partial charge < -0.3 is 9.13 Å². The predicted molar refractivity (Wildman–Crippen MR) is 106 cm³/mol. The lowest BCUT2D eigenvalue weighted by Gasteiger charge is -2.11. The zero-order valence-corrected chi connectivity index (χ0v) is 18.1. The molecule has 0 aliphatic rings. The van der Waals surface area contributed by atoms with Gasteiger partial charge in [-0.2, -0.15) is 26.3 Å². The monoisotopic (exact) mass is 491 g/mol. The van der Waals surface area contributed by atoms with E-state index in [1.165, 1.54) is 24.6 Å². The molecule has 0 aliphatic carbocycles. The van der Waals surface area contributed by atoms with Crippen LogP contribution in [0.3, 0.4) is 0 Å². The van der Waals surface area contributed by atoms with Gasteiger partial charge in [-0.15, -0.1) is 0 Å². The number of nitrogens with zero attached hydrogens (tertiary/aromatic N) is 5. The van der Waals surface area contributed by atoms with Crippen LogP contribution >= 0.6 is 0 Å². The fourth-order valence-electron chi connectivity index (χ4n) is 3.54. The Bertz CT molecular complexity index is 1520. The second-order valence-corrected chi connectivity index (χ2v) is 9.53.